The summed E-state index contributed by atoms with van der Waals surface area (Å²) in [6.07, 6.45) is 2.08. The zero-order valence-corrected chi connectivity index (χ0v) is 18.7. The number of rotatable bonds is 9. The molecule has 2 aromatic carbocycles. The first-order valence-corrected chi connectivity index (χ1v) is 10.1. The van der Waals surface area contributed by atoms with Crippen LogP contribution in [0, 0.1) is 11.3 Å². The number of carbonyl (C=O) groups is 1. The van der Waals surface area contributed by atoms with Crippen LogP contribution in [0.25, 0.3) is 5.57 Å². The molecule has 2 rings (SSSR count). The van der Waals surface area contributed by atoms with Gasteiger partial charge < -0.3 is 21.6 Å². The van der Waals surface area contributed by atoms with Gasteiger partial charge in [0.2, 0.25) is 0 Å². The van der Waals surface area contributed by atoms with Crippen molar-refractivity contribution in [2.24, 2.45) is 21.6 Å². The zero-order valence-electron chi connectivity index (χ0n) is 18.7. The molecule has 0 bridgehead atoms. The number of allylic oxidation sites excluding steroid dienone is 1. The van der Waals surface area contributed by atoms with Gasteiger partial charge >= 0.3 is 0 Å². The SMILES string of the molecule is CN=C(/C(=C\N)c1ccc(C=O)c(/C(CN)=N\NC)c1)c1cccc(OC(C)C)c1C#N. The Bertz CT molecular complexity index is 1110. The molecule has 0 saturated heterocycles. The van der Waals surface area contributed by atoms with Crippen molar-refractivity contribution in [2.45, 2.75) is 20.0 Å². The number of hydrogen-bond acceptors (Lipinski definition) is 8. The van der Waals surface area contributed by atoms with Crippen LogP contribution in [0.5, 0.6) is 5.75 Å². The van der Waals surface area contributed by atoms with E-state index in [0.717, 1.165) is 6.29 Å². The van der Waals surface area contributed by atoms with Gasteiger partial charge in [-0.2, -0.15) is 10.4 Å². The molecule has 0 unspecified atom stereocenters. The van der Waals surface area contributed by atoms with E-state index in [-0.39, 0.29) is 12.6 Å². The third-order valence-electron chi connectivity index (χ3n) is 4.64. The van der Waals surface area contributed by atoms with E-state index in [0.29, 0.717) is 50.6 Å². The van der Waals surface area contributed by atoms with E-state index in [1.54, 1.807) is 50.5 Å². The second kappa shape index (κ2) is 11.4. The Labute approximate surface area is 188 Å². The molecule has 0 saturated carbocycles. The van der Waals surface area contributed by atoms with Gasteiger partial charge in [0.25, 0.3) is 0 Å². The molecule has 0 amide bonds. The van der Waals surface area contributed by atoms with Crippen molar-refractivity contribution in [3.05, 3.63) is 70.4 Å². The van der Waals surface area contributed by atoms with Gasteiger partial charge in [0.15, 0.2) is 6.29 Å². The number of carbonyl (C=O) groups excluding carboxylic acids is 1. The van der Waals surface area contributed by atoms with Crippen molar-refractivity contribution in [1.29, 1.82) is 5.26 Å². The highest BCUT2D eigenvalue weighted by Crippen LogP contribution is 2.29. The summed E-state index contributed by atoms with van der Waals surface area (Å²) in [4.78, 5) is 16.0. The molecule has 0 aliphatic carbocycles. The van der Waals surface area contributed by atoms with E-state index in [4.69, 9.17) is 16.2 Å². The van der Waals surface area contributed by atoms with Crippen LogP contribution >= 0.6 is 0 Å². The fourth-order valence-corrected chi connectivity index (χ4v) is 3.32. The molecule has 32 heavy (non-hydrogen) atoms. The minimum Gasteiger partial charge on any atom is -0.490 e. The summed E-state index contributed by atoms with van der Waals surface area (Å²) < 4.78 is 5.81. The molecule has 0 aliphatic heterocycles. The Hall–Kier alpha value is -3.96. The summed E-state index contributed by atoms with van der Waals surface area (Å²) in [6, 6.07) is 12.8. The molecule has 0 aromatic heterocycles. The minimum absolute atomic E-state index is 0.0940. The second-order valence-electron chi connectivity index (χ2n) is 7.02. The predicted octanol–water partition coefficient (Wildman–Crippen LogP) is 2.46. The quantitative estimate of drug-likeness (QED) is 0.316. The van der Waals surface area contributed by atoms with Gasteiger partial charge in [0, 0.05) is 49.1 Å². The van der Waals surface area contributed by atoms with E-state index < -0.39 is 0 Å². The molecule has 0 radical (unpaired) electrons. The molecule has 8 nitrogen and oxygen atoms in total. The van der Waals surface area contributed by atoms with Gasteiger partial charge in [-0.1, -0.05) is 24.3 Å². The standard InChI is InChI=1S/C24H28N6O2/c1-15(2)32-23-7-5-6-18(21(23)12-26)24(28-3)20(11-25)16-8-9-17(14-31)19(10-16)22(13-27)30-29-4/h5-11,14-15,29H,13,25,27H2,1-4H3/b20-11-,28-24?,30-22-. The highest BCUT2D eigenvalue weighted by molar-refractivity contribution is 6.32. The van der Waals surface area contributed by atoms with Crippen LogP contribution in [0.3, 0.4) is 0 Å². The molecule has 8 heteroatoms. The molecule has 0 aliphatic rings. The van der Waals surface area contributed by atoms with E-state index in [1.807, 2.05) is 13.8 Å². The highest BCUT2D eigenvalue weighted by atomic mass is 16.5. The van der Waals surface area contributed by atoms with Gasteiger partial charge in [-0.15, -0.1) is 0 Å². The predicted molar refractivity (Wildman–Crippen MR) is 128 cm³/mol. The minimum atomic E-state index is -0.0940. The molecule has 0 fully saturated rings. The second-order valence-corrected chi connectivity index (χ2v) is 7.02. The van der Waals surface area contributed by atoms with E-state index >= 15 is 0 Å². The van der Waals surface area contributed by atoms with Crippen LogP contribution in [-0.4, -0.2) is 44.5 Å². The number of nitrogens with one attached hydrogen (secondary N) is 1. The smallest absolute Gasteiger partial charge is 0.150 e. The first kappa shape index (κ1) is 24.3. The molecule has 0 heterocycles. The Morgan fingerprint density at radius 3 is 2.56 bits per heavy atom. The maximum atomic E-state index is 11.6. The first-order chi connectivity index (χ1) is 15.4. The van der Waals surface area contributed by atoms with E-state index in [2.05, 4.69) is 21.6 Å². The van der Waals surface area contributed by atoms with Gasteiger partial charge in [-0.3, -0.25) is 9.79 Å². The summed E-state index contributed by atoms with van der Waals surface area (Å²) in [5, 5.41) is 14.0. The summed E-state index contributed by atoms with van der Waals surface area (Å²) in [6.45, 7) is 3.92. The molecule has 2 aromatic rings. The van der Waals surface area contributed by atoms with E-state index in [1.165, 1.54) is 6.20 Å². The van der Waals surface area contributed by atoms with Crippen molar-refractivity contribution < 1.29 is 9.53 Å². The zero-order chi connectivity index (χ0) is 23.7. The summed E-state index contributed by atoms with van der Waals surface area (Å²) in [5.41, 5.74) is 18.9. The average molecular weight is 433 g/mol. The molecule has 166 valence electrons. The molecule has 5 N–H and O–H groups in total. The largest absolute Gasteiger partial charge is 0.490 e. The maximum absolute atomic E-state index is 11.6. The third kappa shape index (κ3) is 5.20. The van der Waals surface area contributed by atoms with Crippen molar-refractivity contribution in [2.75, 3.05) is 20.6 Å². The van der Waals surface area contributed by atoms with Crippen LogP contribution in [-0.2, 0) is 0 Å². The number of nitrogens with zero attached hydrogens (tertiary/aromatic N) is 3. The van der Waals surface area contributed by atoms with Gasteiger partial charge in [0.1, 0.15) is 17.4 Å². The summed E-state index contributed by atoms with van der Waals surface area (Å²) in [5.74, 6) is 0.473. The molecular formula is C24H28N6O2. The monoisotopic (exact) mass is 432 g/mol. The van der Waals surface area contributed by atoms with Crippen molar-refractivity contribution >= 4 is 23.3 Å². The fourth-order valence-electron chi connectivity index (χ4n) is 3.32. The van der Waals surface area contributed by atoms with Crippen LogP contribution in [0.2, 0.25) is 0 Å². The lowest BCUT2D eigenvalue weighted by molar-refractivity contribution is 0.112. The normalized spacial score (nSPS) is 12.5. The average Bonchev–Trinajstić information content (AvgIpc) is 2.80. The number of hydrazone groups is 1. The Kier molecular flexibility index (Phi) is 8.69. The fraction of sp³-hybridized carbons (Fsp3) is 0.250. The van der Waals surface area contributed by atoms with E-state index in [9.17, 15) is 10.1 Å². The Morgan fingerprint density at radius 1 is 1.28 bits per heavy atom. The third-order valence-corrected chi connectivity index (χ3v) is 4.64. The summed E-state index contributed by atoms with van der Waals surface area (Å²) >= 11 is 0. The number of ether oxygens (including phenoxy) is 1. The van der Waals surface area contributed by atoms with Gasteiger partial charge in [-0.05, 0) is 31.5 Å². The lowest BCUT2D eigenvalue weighted by atomic mass is 9.90. The molecule has 0 spiro atoms. The topological polar surface area (TPSA) is 139 Å². The van der Waals surface area contributed by atoms with Crippen LogP contribution in [0.4, 0.5) is 0 Å². The number of nitrogens with two attached hydrogens (primary N) is 2. The first-order valence-electron chi connectivity index (χ1n) is 10.1. The molecular weight excluding hydrogens is 404 g/mol. The highest BCUT2D eigenvalue weighted by Gasteiger charge is 2.20. The number of hydrogen-bond donors (Lipinski definition) is 3. The van der Waals surface area contributed by atoms with Crippen molar-refractivity contribution in [3.8, 4) is 11.8 Å². The number of nitriles is 1. The lowest BCUT2D eigenvalue weighted by Crippen LogP contribution is -2.20. The van der Waals surface area contributed by atoms with Gasteiger partial charge in [0.05, 0.1) is 17.5 Å². The number of benzene rings is 2. The van der Waals surface area contributed by atoms with Gasteiger partial charge in [-0.25, -0.2) is 0 Å². The van der Waals surface area contributed by atoms with Crippen LogP contribution < -0.4 is 21.6 Å². The Morgan fingerprint density at radius 2 is 2.03 bits per heavy atom. The maximum Gasteiger partial charge on any atom is 0.150 e. The Balaban J connectivity index is 2.68. The number of aldehydes is 1. The van der Waals surface area contributed by atoms with Crippen LogP contribution in [0.15, 0.2) is 52.7 Å². The van der Waals surface area contributed by atoms with Crippen molar-refractivity contribution in [3.63, 3.8) is 0 Å². The number of aliphatic imine (C=N–C) groups is 1. The summed E-state index contributed by atoms with van der Waals surface area (Å²) in [7, 11) is 3.28. The van der Waals surface area contributed by atoms with Crippen molar-refractivity contribution in [1.82, 2.24) is 5.43 Å². The van der Waals surface area contributed by atoms with Crippen LogP contribution in [0.1, 0.15) is 46.5 Å². The lowest BCUT2D eigenvalue weighted by Gasteiger charge is -2.17. The molecule has 0 atom stereocenters.